The summed E-state index contributed by atoms with van der Waals surface area (Å²) in [5, 5.41) is 0. The molecule has 0 spiro atoms. The Morgan fingerprint density at radius 3 is 2.62 bits per heavy atom. The van der Waals surface area contributed by atoms with Gasteiger partial charge in [-0.3, -0.25) is 4.79 Å². The van der Waals surface area contributed by atoms with Crippen LogP contribution in [0.5, 0.6) is 0 Å². The summed E-state index contributed by atoms with van der Waals surface area (Å²) in [4.78, 5) is 12.6. The minimum Gasteiger partial charge on any atom is -0.367 e. The molecule has 2 atom stereocenters. The van der Waals surface area contributed by atoms with Crippen molar-refractivity contribution < 1.29 is 9.53 Å². The Labute approximate surface area is 145 Å². The quantitative estimate of drug-likeness (QED) is 0.521. The van der Waals surface area contributed by atoms with Crippen LogP contribution in [0.3, 0.4) is 0 Å². The Morgan fingerprint density at radius 1 is 1.29 bits per heavy atom. The van der Waals surface area contributed by atoms with Gasteiger partial charge in [0.1, 0.15) is 0 Å². The van der Waals surface area contributed by atoms with Crippen molar-refractivity contribution in [3.05, 3.63) is 58.2 Å². The summed E-state index contributed by atoms with van der Waals surface area (Å²) in [5.41, 5.74) is 5.70. The second kappa shape index (κ2) is 6.33. The molecule has 3 rings (SSSR count). The summed E-state index contributed by atoms with van der Waals surface area (Å²) in [6.45, 7) is 10.7. The van der Waals surface area contributed by atoms with E-state index in [9.17, 15) is 4.79 Å². The van der Waals surface area contributed by atoms with E-state index in [0.717, 1.165) is 30.4 Å². The highest BCUT2D eigenvalue weighted by Gasteiger charge is 2.46. The highest BCUT2D eigenvalue weighted by molar-refractivity contribution is 6.11. The van der Waals surface area contributed by atoms with Crippen molar-refractivity contribution in [3.63, 3.8) is 0 Å². The lowest BCUT2D eigenvalue weighted by Crippen LogP contribution is -2.17. The van der Waals surface area contributed by atoms with Gasteiger partial charge in [0, 0.05) is 11.5 Å². The lowest BCUT2D eigenvalue weighted by molar-refractivity contribution is 0.102. The molecule has 1 heterocycles. The number of allylic oxidation sites excluding steroid dienone is 4. The zero-order chi connectivity index (χ0) is 17.5. The first-order chi connectivity index (χ1) is 11.3. The van der Waals surface area contributed by atoms with E-state index >= 15 is 0 Å². The van der Waals surface area contributed by atoms with E-state index in [0.29, 0.717) is 12.0 Å². The van der Waals surface area contributed by atoms with Crippen molar-refractivity contribution in [2.45, 2.75) is 71.5 Å². The van der Waals surface area contributed by atoms with Gasteiger partial charge in [-0.25, -0.2) is 0 Å². The van der Waals surface area contributed by atoms with Gasteiger partial charge in [-0.05, 0) is 58.1 Å². The van der Waals surface area contributed by atoms with Gasteiger partial charge >= 0.3 is 0 Å². The van der Waals surface area contributed by atoms with Crippen LogP contribution in [0.15, 0.2) is 47.1 Å². The Hall–Kier alpha value is -1.67. The lowest BCUT2D eigenvalue weighted by atomic mass is 9.77. The van der Waals surface area contributed by atoms with Gasteiger partial charge in [-0.2, -0.15) is 0 Å². The van der Waals surface area contributed by atoms with E-state index < -0.39 is 0 Å². The van der Waals surface area contributed by atoms with Gasteiger partial charge in [0.05, 0.1) is 11.7 Å². The third-order valence-electron chi connectivity index (χ3n) is 5.65. The minimum absolute atomic E-state index is 0.0768. The molecule has 2 nitrogen and oxygen atoms in total. The van der Waals surface area contributed by atoms with Crippen LogP contribution in [-0.4, -0.2) is 17.5 Å². The minimum atomic E-state index is 0.0768. The highest BCUT2D eigenvalue weighted by Crippen LogP contribution is 2.40. The van der Waals surface area contributed by atoms with Gasteiger partial charge in [0.2, 0.25) is 0 Å². The fraction of sp³-hybridized carbons (Fsp3) is 0.500. The maximum Gasteiger partial charge on any atom is 0.189 e. The summed E-state index contributed by atoms with van der Waals surface area (Å²) in [6.07, 6.45) is 5.73. The number of epoxide rings is 1. The first kappa shape index (κ1) is 17.2. The number of rotatable bonds is 5. The molecule has 0 bridgehead atoms. The molecule has 1 aliphatic carbocycles. The number of hydrogen-bond acceptors (Lipinski definition) is 2. The van der Waals surface area contributed by atoms with Crippen molar-refractivity contribution in [1.29, 1.82) is 0 Å². The molecular formula is C22H28O2. The molecule has 0 radical (unpaired) electrons. The van der Waals surface area contributed by atoms with Crippen LogP contribution in [-0.2, 0) is 4.74 Å². The van der Waals surface area contributed by atoms with Crippen molar-refractivity contribution in [2.24, 2.45) is 0 Å². The number of ketones is 1. The van der Waals surface area contributed by atoms with Crippen LogP contribution in [0, 0.1) is 0 Å². The molecule has 1 aromatic carbocycles. The molecule has 0 N–H and O–H groups in total. The molecule has 0 aromatic heterocycles. The molecule has 0 amide bonds. The Bertz CT molecular complexity index is 721. The normalized spacial score (nSPS) is 25.7. The monoisotopic (exact) mass is 324 g/mol. The van der Waals surface area contributed by atoms with Gasteiger partial charge in [0.15, 0.2) is 5.78 Å². The average Bonchev–Trinajstić information content (AvgIpc) is 3.18. The summed E-state index contributed by atoms with van der Waals surface area (Å²) < 4.78 is 5.66. The predicted octanol–water partition coefficient (Wildman–Crippen LogP) is 5.60. The number of carbonyl (C=O) groups excluding carboxylic acids is 1. The molecule has 1 fully saturated rings. The molecule has 1 saturated heterocycles. The Morgan fingerprint density at radius 2 is 1.96 bits per heavy atom. The van der Waals surface area contributed by atoms with Crippen molar-refractivity contribution in [3.8, 4) is 0 Å². The SMILES string of the molecule is CC1=C(C/C=C(\C)CCC2OC2(C)C)C(C)c2ccccc2C1=O. The molecule has 24 heavy (non-hydrogen) atoms. The fourth-order valence-electron chi connectivity index (χ4n) is 3.76. The summed E-state index contributed by atoms with van der Waals surface area (Å²) >= 11 is 0. The van der Waals surface area contributed by atoms with Crippen LogP contribution < -0.4 is 0 Å². The molecule has 2 heteroatoms. The third kappa shape index (κ3) is 3.25. The zero-order valence-electron chi connectivity index (χ0n) is 15.5. The Balaban J connectivity index is 1.69. The molecule has 1 aromatic rings. The molecule has 2 unspecified atom stereocenters. The van der Waals surface area contributed by atoms with Crippen LogP contribution in [0.4, 0.5) is 0 Å². The lowest BCUT2D eigenvalue weighted by Gasteiger charge is -2.26. The van der Waals surface area contributed by atoms with Crippen LogP contribution in [0.25, 0.3) is 0 Å². The third-order valence-corrected chi connectivity index (χ3v) is 5.65. The average molecular weight is 324 g/mol. The number of carbonyl (C=O) groups is 1. The zero-order valence-corrected chi connectivity index (χ0v) is 15.5. The number of Topliss-reactive ketones (excluding diaryl/α,β-unsaturated/α-hetero) is 1. The molecule has 2 aliphatic rings. The van der Waals surface area contributed by atoms with Crippen molar-refractivity contribution in [2.75, 3.05) is 0 Å². The summed E-state index contributed by atoms with van der Waals surface area (Å²) in [6, 6.07) is 8.02. The van der Waals surface area contributed by atoms with Crippen LogP contribution in [0.1, 0.15) is 75.7 Å². The smallest absolute Gasteiger partial charge is 0.189 e. The van der Waals surface area contributed by atoms with Crippen LogP contribution >= 0.6 is 0 Å². The second-order valence-corrected chi connectivity index (χ2v) is 7.79. The van der Waals surface area contributed by atoms with Crippen LogP contribution in [0.2, 0.25) is 0 Å². The fourth-order valence-corrected chi connectivity index (χ4v) is 3.76. The van der Waals surface area contributed by atoms with Gasteiger partial charge < -0.3 is 4.74 Å². The molecular weight excluding hydrogens is 296 g/mol. The first-order valence-corrected chi connectivity index (χ1v) is 8.98. The van der Waals surface area contributed by atoms with E-state index in [1.807, 2.05) is 25.1 Å². The largest absolute Gasteiger partial charge is 0.367 e. The topological polar surface area (TPSA) is 29.6 Å². The number of ether oxygens (including phenoxy) is 1. The standard InChI is InChI=1S/C22H28O2/c1-14(11-13-20-22(4,5)24-20)10-12-17-15(2)18-8-6-7-9-19(18)21(23)16(17)3/h6-10,15,20H,11-13H2,1-5H3/b14-10+. The number of hydrogen-bond donors (Lipinski definition) is 0. The second-order valence-electron chi connectivity index (χ2n) is 7.79. The highest BCUT2D eigenvalue weighted by atomic mass is 16.6. The van der Waals surface area contributed by atoms with Gasteiger partial charge in [0.25, 0.3) is 0 Å². The van der Waals surface area contributed by atoms with E-state index in [4.69, 9.17) is 4.74 Å². The first-order valence-electron chi connectivity index (χ1n) is 8.98. The summed E-state index contributed by atoms with van der Waals surface area (Å²) in [7, 11) is 0. The molecule has 128 valence electrons. The maximum atomic E-state index is 12.6. The maximum absolute atomic E-state index is 12.6. The number of benzene rings is 1. The predicted molar refractivity (Wildman–Crippen MR) is 98.4 cm³/mol. The molecule has 1 aliphatic heterocycles. The van der Waals surface area contributed by atoms with E-state index in [2.05, 4.69) is 39.8 Å². The van der Waals surface area contributed by atoms with E-state index in [1.165, 1.54) is 16.7 Å². The van der Waals surface area contributed by atoms with Gasteiger partial charge in [-0.15, -0.1) is 0 Å². The van der Waals surface area contributed by atoms with E-state index in [-0.39, 0.29) is 11.4 Å². The number of fused-ring (bicyclic) bond motifs is 1. The van der Waals surface area contributed by atoms with Gasteiger partial charge in [-0.1, -0.05) is 48.4 Å². The van der Waals surface area contributed by atoms with Crippen molar-refractivity contribution >= 4 is 5.78 Å². The molecule has 0 saturated carbocycles. The van der Waals surface area contributed by atoms with Crippen molar-refractivity contribution in [1.82, 2.24) is 0 Å². The summed E-state index contributed by atoms with van der Waals surface area (Å²) in [5.74, 6) is 0.506. The Kier molecular flexibility index (Phi) is 4.52. The van der Waals surface area contributed by atoms with E-state index in [1.54, 1.807) is 0 Å².